The molecule has 1 aliphatic rings. The smallest absolute Gasteiger partial charge is 0.224 e. The molecular formula is C18H25FN2O2. The number of nitrogens with one attached hydrogen (secondary N) is 1. The summed E-state index contributed by atoms with van der Waals surface area (Å²) in [6, 6.07) is 6.64. The number of halogens is 1. The van der Waals surface area contributed by atoms with Crippen LogP contribution in [-0.2, 0) is 15.0 Å². The summed E-state index contributed by atoms with van der Waals surface area (Å²) in [6.45, 7) is 6.91. The second kappa shape index (κ2) is 7.11. The van der Waals surface area contributed by atoms with Gasteiger partial charge in [0.15, 0.2) is 0 Å². The topological polar surface area (TPSA) is 49.4 Å². The summed E-state index contributed by atoms with van der Waals surface area (Å²) in [5, 5.41) is 2.93. The lowest BCUT2D eigenvalue weighted by atomic mass is 9.84. The van der Waals surface area contributed by atoms with Crippen molar-refractivity contribution in [1.82, 2.24) is 10.2 Å². The van der Waals surface area contributed by atoms with Crippen molar-refractivity contribution in [3.8, 4) is 0 Å². The highest BCUT2D eigenvalue weighted by Gasteiger charge is 2.29. The molecule has 23 heavy (non-hydrogen) atoms. The second-order valence-corrected chi connectivity index (χ2v) is 6.89. The Morgan fingerprint density at radius 2 is 2.04 bits per heavy atom. The van der Waals surface area contributed by atoms with Gasteiger partial charge in [-0.25, -0.2) is 4.39 Å². The molecule has 126 valence electrons. The highest BCUT2D eigenvalue weighted by atomic mass is 19.1. The van der Waals surface area contributed by atoms with E-state index in [0.29, 0.717) is 18.7 Å². The highest BCUT2D eigenvalue weighted by Crippen LogP contribution is 2.25. The number of likely N-dealkylation sites (tertiary alicyclic amines) is 1. The number of carbonyl (C=O) groups excluding carboxylic acids is 2. The summed E-state index contributed by atoms with van der Waals surface area (Å²) in [4.78, 5) is 25.6. The minimum atomic E-state index is -0.490. The minimum absolute atomic E-state index is 0.00851. The molecular weight excluding hydrogens is 295 g/mol. The van der Waals surface area contributed by atoms with E-state index >= 15 is 0 Å². The largest absolute Gasteiger partial charge is 0.355 e. The molecule has 0 bridgehead atoms. The first kappa shape index (κ1) is 17.4. The lowest BCUT2D eigenvalue weighted by Gasteiger charge is -2.32. The lowest BCUT2D eigenvalue weighted by Crippen LogP contribution is -2.47. The first-order valence-corrected chi connectivity index (χ1v) is 8.09. The number of hydrogen-bond donors (Lipinski definition) is 1. The highest BCUT2D eigenvalue weighted by molar-refractivity contribution is 5.80. The number of carbonyl (C=O) groups is 2. The summed E-state index contributed by atoms with van der Waals surface area (Å²) >= 11 is 0. The van der Waals surface area contributed by atoms with Gasteiger partial charge in [0.25, 0.3) is 0 Å². The van der Waals surface area contributed by atoms with Crippen LogP contribution < -0.4 is 5.32 Å². The van der Waals surface area contributed by atoms with Gasteiger partial charge in [-0.3, -0.25) is 9.59 Å². The molecule has 5 heteroatoms. The quantitative estimate of drug-likeness (QED) is 0.926. The fraction of sp³-hybridized carbons (Fsp3) is 0.556. The first-order valence-electron chi connectivity index (χ1n) is 8.09. The number of rotatable bonds is 4. The van der Waals surface area contributed by atoms with Crippen LogP contribution >= 0.6 is 0 Å². The van der Waals surface area contributed by atoms with Crippen LogP contribution in [0.25, 0.3) is 0 Å². The van der Waals surface area contributed by atoms with Crippen LogP contribution in [0.1, 0.15) is 39.2 Å². The van der Waals surface area contributed by atoms with Crippen LogP contribution in [0.3, 0.4) is 0 Å². The molecule has 1 saturated heterocycles. The van der Waals surface area contributed by atoms with Crippen molar-refractivity contribution >= 4 is 11.8 Å². The average Bonchev–Trinajstić information content (AvgIpc) is 2.53. The third-order valence-corrected chi connectivity index (χ3v) is 4.55. The molecule has 0 radical (unpaired) electrons. The maximum absolute atomic E-state index is 13.9. The molecule has 1 atom stereocenters. The van der Waals surface area contributed by atoms with E-state index in [1.54, 1.807) is 23.1 Å². The van der Waals surface area contributed by atoms with E-state index in [-0.39, 0.29) is 23.5 Å². The molecule has 1 heterocycles. The van der Waals surface area contributed by atoms with E-state index in [1.165, 1.54) is 13.0 Å². The molecule has 0 spiro atoms. The lowest BCUT2D eigenvalue weighted by molar-refractivity contribution is -0.134. The molecule has 1 aromatic rings. The Morgan fingerprint density at radius 1 is 1.35 bits per heavy atom. The maximum atomic E-state index is 13.9. The summed E-state index contributed by atoms with van der Waals surface area (Å²) in [6.07, 6.45) is 1.63. The number of nitrogens with zero attached hydrogens (tertiary/aromatic N) is 1. The number of benzene rings is 1. The van der Waals surface area contributed by atoms with Gasteiger partial charge in [-0.1, -0.05) is 32.0 Å². The van der Waals surface area contributed by atoms with E-state index in [0.717, 1.165) is 19.4 Å². The Kier molecular flexibility index (Phi) is 5.39. The average molecular weight is 320 g/mol. The van der Waals surface area contributed by atoms with Crippen molar-refractivity contribution in [3.63, 3.8) is 0 Å². The predicted octanol–water partition coefficient (Wildman–Crippen LogP) is 2.48. The van der Waals surface area contributed by atoms with Crippen LogP contribution in [0.15, 0.2) is 24.3 Å². The third kappa shape index (κ3) is 4.30. The van der Waals surface area contributed by atoms with Crippen LogP contribution in [0, 0.1) is 11.7 Å². The van der Waals surface area contributed by atoms with Crippen LogP contribution in [-0.4, -0.2) is 36.3 Å². The zero-order valence-electron chi connectivity index (χ0n) is 14.1. The fourth-order valence-corrected chi connectivity index (χ4v) is 3.03. The molecule has 2 amide bonds. The second-order valence-electron chi connectivity index (χ2n) is 6.89. The normalized spacial score (nSPS) is 18.6. The van der Waals surface area contributed by atoms with E-state index in [4.69, 9.17) is 0 Å². The fourth-order valence-electron chi connectivity index (χ4n) is 3.03. The Bertz CT molecular complexity index is 586. The molecule has 1 aliphatic heterocycles. The van der Waals surface area contributed by atoms with Crippen molar-refractivity contribution in [2.24, 2.45) is 5.92 Å². The Balaban J connectivity index is 1.96. The molecule has 1 N–H and O–H groups in total. The standard InChI is InChI=1S/C18H25FN2O2/c1-13(22)21-10-6-7-14(11-21)17(23)20-12-18(2,3)15-8-4-5-9-16(15)19/h4-5,8-9,14H,6-7,10-12H2,1-3H3,(H,20,23)/t14-/m1/s1. The predicted molar refractivity (Wildman–Crippen MR) is 87.4 cm³/mol. The summed E-state index contributed by atoms with van der Waals surface area (Å²) in [5.41, 5.74) is 0.102. The van der Waals surface area contributed by atoms with Crippen molar-refractivity contribution in [2.75, 3.05) is 19.6 Å². The SMILES string of the molecule is CC(=O)N1CCC[C@@H](C(=O)NCC(C)(C)c2ccccc2F)C1. The van der Waals surface area contributed by atoms with Crippen molar-refractivity contribution in [1.29, 1.82) is 0 Å². The van der Waals surface area contributed by atoms with Crippen LogP contribution in [0.4, 0.5) is 4.39 Å². The van der Waals surface area contributed by atoms with Crippen molar-refractivity contribution in [2.45, 2.75) is 39.0 Å². The summed E-state index contributed by atoms with van der Waals surface area (Å²) in [7, 11) is 0. The number of amides is 2. The maximum Gasteiger partial charge on any atom is 0.224 e. The van der Waals surface area contributed by atoms with E-state index in [1.807, 2.05) is 13.8 Å². The molecule has 4 nitrogen and oxygen atoms in total. The van der Waals surface area contributed by atoms with Gasteiger partial charge >= 0.3 is 0 Å². The number of piperidine rings is 1. The number of hydrogen-bond acceptors (Lipinski definition) is 2. The van der Waals surface area contributed by atoms with Crippen molar-refractivity contribution in [3.05, 3.63) is 35.6 Å². The Morgan fingerprint density at radius 3 is 2.70 bits per heavy atom. The van der Waals surface area contributed by atoms with E-state index in [9.17, 15) is 14.0 Å². The Hall–Kier alpha value is -1.91. The van der Waals surface area contributed by atoms with Crippen molar-refractivity contribution < 1.29 is 14.0 Å². The van der Waals surface area contributed by atoms with Gasteiger partial charge in [0.2, 0.25) is 11.8 Å². The zero-order chi connectivity index (χ0) is 17.0. The summed E-state index contributed by atoms with van der Waals surface area (Å²) in [5.74, 6) is -0.481. The minimum Gasteiger partial charge on any atom is -0.355 e. The van der Waals surface area contributed by atoms with E-state index < -0.39 is 5.41 Å². The van der Waals surface area contributed by atoms with E-state index in [2.05, 4.69) is 5.32 Å². The molecule has 0 saturated carbocycles. The van der Waals surface area contributed by atoms with Gasteiger partial charge in [0.05, 0.1) is 5.92 Å². The third-order valence-electron chi connectivity index (χ3n) is 4.55. The molecule has 0 aliphatic carbocycles. The molecule has 1 fully saturated rings. The van der Waals surface area contributed by atoms with Crippen LogP contribution in [0.5, 0.6) is 0 Å². The summed E-state index contributed by atoms with van der Waals surface area (Å²) < 4.78 is 13.9. The van der Waals surface area contributed by atoms with Gasteiger partial charge in [0, 0.05) is 32.0 Å². The molecule has 2 rings (SSSR count). The van der Waals surface area contributed by atoms with Gasteiger partial charge in [0.1, 0.15) is 5.82 Å². The first-order chi connectivity index (χ1) is 10.8. The van der Waals surface area contributed by atoms with Gasteiger partial charge in [-0.05, 0) is 24.5 Å². The molecule has 1 aromatic carbocycles. The van der Waals surface area contributed by atoms with Gasteiger partial charge in [-0.15, -0.1) is 0 Å². The van der Waals surface area contributed by atoms with Crippen LogP contribution in [0.2, 0.25) is 0 Å². The van der Waals surface area contributed by atoms with Gasteiger partial charge < -0.3 is 10.2 Å². The zero-order valence-corrected chi connectivity index (χ0v) is 14.1. The monoisotopic (exact) mass is 320 g/mol. The van der Waals surface area contributed by atoms with Gasteiger partial charge in [-0.2, -0.15) is 0 Å². The molecule has 0 aromatic heterocycles. The Labute approximate surface area is 137 Å². The molecule has 0 unspecified atom stereocenters.